The number of hydrogen-bond donors (Lipinski definition) is 0. The van der Waals surface area contributed by atoms with Crippen LogP contribution in [0.3, 0.4) is 0 Å². The summed E-state index contributed by atoms with van der Waals surface area (Å²) >= 11 is 6.09. The predicted octanol–water partition coefficient (Wildman–Crippen LogP) is 3.06. The number of aryl methyl sites for hydroxylation is 1. The standard InChI is InChI=1S/C19H16ClFN4O2/c1-2-10-23-17(26)12-6-3-4-9-16(12)25-18(23)22-24(19(25)27)11-13-14(20)7-5-8-15(13)21/h3-9H,2,10-11H2,1H3. The molecule has 0 aliphatic rings. The van der Waals surface area contributed by atoms with Crippen molar-refractivity contribution in [2.45, 2.75) is 26.4 Å². The van der Waals surface area contributed by atoms with E-state index in [-0.39, 0.29) is 28.5 Å². The summed E-state index contributed by atoms with van der Waals surface area (Å²) in [5.74, 6) is -0.278. The largest absolute Gasteiger partial charge is 0.352 e. The lowest BCUT2D eigenvalue weighted by Crippen LogP contribution is -2.26. The van der Waals surface area contributed by atoms with E-state index in [0.717, 1.165) is 4.68 Å². The van der Waals surface area contributed by atoms with Crippen molar-refractivity contribution in [3.05, 3.63) is 79.7 Å². The molecule has 0 saturated carbocycles. The van der Waals surface area contributed by atoms with Crippen LogP contribution in [-0.4, -0.2) is 18.7 Å². The van der Waals surface area contributed by atoms with Gasteiger partial charge in [0.15, 0.2) is 0 Å². The Morgan fingerprint density at radius 1 is 1.11 bits per heavy atom. The van der Waals surface area contributed by atoms with E-state index in [0.29, 0.717) is 23.9 Å². The topological polar surface area (TPSA) is 61.3 Å². The molecule has 6 nitrogen and oxygen atoms in total. The van der Waals surface area contributed by atoms with E-state index in [2.05, 4.69) is 5.10 Å². The fraction of sp³-hybridized carbons (Fsp3) is 0.211. The number of para-hydroxylation sites is 1. The number of halogens is 2. The van der Waals surface area contributed by atoms with Gasteiger partial charge in [0.25, 0.3) is 5.56 Å². The molecule has 2 heterocycles. The monoisotopic (exact) mass is 386 g/mol. The molecule has 0 radical (unpaired) electrons. The van der Waals surface area contributed by atoms with Crippen molar-refractivity contribution < 1.29 is 4.39 Å². The Kier molecular flexibility index (Phi) is 4.31. The molecule has 2 aromatic heterocycles. The van der Waals surface area contributed by atoms with E-state index in [9.17, 15) is 14.0 Å². The molecular formula is C19H16ClFN4O2. The molecule has 0 aliphatic heterocycles. The minimum atomic E-state index is -0.512. The molecule has 0 atom stereocenters. The Hall–Kier alpha value is -2.93. The van der Waals surface area contributed by atoms with Crippen LogP contribution in [0.2, 0.25) is 5.02 Å². The summed E-state index contributed by atoms with van der Waals surface area (Å²) in [5, 5.41) is 4.98. The van der Waals surface area contributed by atoms with Crippen molar-refractivity contribution in [1.82, 2.24) is 18.7 Å². The van der Waals surface area contributed by atoms with E-state index in [1.54, 1.807) is 30.3 Å². The molecule has 4 rings (SSSR count). The molecule has 0 saturated heterocycles. The van der Waals surface area contributed by atoms with E-state index in [4.69, 9.17) is 11.6 Å². The maximum atomic E-state index is 14.2. The van der Waals surface area contributed by atoms with Crippen LogP contribution in [0.1, 0.15) is 18.9 Å². The summed E-state index contributed by atoms with van der Waals surface area (Å²) in [7, 11) is 0. The van der Waals surface area contributed by atoms with Crippen LogP contribution in [0.4, 0.5) is 4.39 Å². The van der Waals surface area contributed by atoms with Crippen molar-refractivity contribution in [1.29, 1.82) is 0 Å². The third-order valence-corrected chi connectivity index (χ3v) is 4.86. The maximum Gasteiger partial charge on any atom is 0.352 e. The van der Waals surface area contributed by atoms with Gasteiger partial charge in [-0.15, -0.1) is 5.10 Å². The van der Waals surface area contributed by atoms with Crippen LogP contribution in [-0.2, 0) is 13.1 Å². The zero-order chi connectivity index (χ0) is 19.1. The average molecular weight is 387 g/mol. The van der Waals surface area contributed by atoms with Crippen LogP contribution in [0, 0.1) is 5.82 Å². The van der Waals surface area contributed by atoms with Gasteiger partial charge >= 0.3 is 5.69 Å². The highest BCUT2D eigenvalue weighted by Crippen LogP contribution is 2.20. The summed E-state index contributed by atoms with van der Waals surface area (Å²) in [6.07, 6.45) is 0.702. The van der Waals surface area contributed by atoms with Crippen molar-refractivity contribution >= 4 is 28.3 Å². The van der Waals surface area contributed by atoms with Gasteiger partial charge in [0, 0.05) is 17.1 Å². The van der Waals surface area contributed by atoms with Gasteiger partial charge < -0.3 is 0 Å². The lowest BCUT2D eigenvalue weighted by atomic mass is 10.2. The first-order valence-electron chi connectivity index (χ1n) is 8.57. The molecule has 0 spiro atoms. The number of hydrogen-bond acceptors (Lipinski definition) is 3. The normalized spacial score (nSPS) is 11.5. The summed E-state index contributed by atoms with van der Waals surface area (Å²) in [6.45, 7) is 2.23. The highest BCUT2D eigenvalue weighted by Gasteiger charge is 2.18. The predicted molar refractivity (Wildman–Crippen MR) is 102 cm³/mol. The second kappa shape index (κ2) is 6.66. The van der Waals surface area contributed by atoms with Gasteiger partial charge in [-0.25, -0.2) is 18.3 Å². The molecule has 0 unspecified atom stereocenters. The van der Waals surface area contributed by atoms with Crippen molar-refractivity contribution in [2.75, 3.05) is 0 Å². The zero-order valence-corrected chi connectivity index (χ0v) is 15.3. The molecule has 0 aliphatic carbocycles. The van der Waals surface area contributed by atoms with E-state index in [1.165, 1.54) is 21.1 Å². The molecule has 0 N–H and O–H groups in total. The fourth-order valence-electron chi connectivity index (χ4n) is 3.23. The zero-order valence-electron chi connectivity index (χ0n) is 14.5. The maximum absolute atomic E-state index is 14.2. The fourth-order valence-corrected chi connectivity index (χ4v) is 3.45. The first-order valence-corrected chi connectivity index (χ1v) is 8.94. The van der Waals surface area contributed by atoms with E-state index >= 15 is 0 Å². The van der Waals surface area contributed by atoms with Crippen LogP contribution >= 0.6 is 11.6 Å². The molecule has 138 valence electrons. The van der Waals surface area contributed by atoms with Gasteiger partial charge in [0.1, 0.15) is 5.82 Å². The van der Waals surface area contributed by atoms with Gasteiger partial charge in [0.2, 0.25) is 5.78 Å². The Bertz CT molecular complexity index is 1270. The van der Waals surface area contributed by atoms with Gasteiger partial charge in [-0.05, 0) is 30.7 Å². The molecule has 27 heavy (non-hydrogen) atoms. The van der Waals surface area contributed by atoms with Crippen LogP contribution in [0.25, 0.3) is 16.7 Å². The SMILES string of the molecule is CCCn1c(=O)c2ccccc2n2c(=O)n(Cc3c(F)cccc3Cl)nc12. The molecular weight excluding hydrogens is 371 g/mol. The first-order chi connectivity index (χ1) is 13.0. The van der Waals surface area contributed by atoms with Crippen molar-refractivity contribution in [3.8, 4) is 0 Å². The van der Waals surface area contributed by atoms with E-state index in [1.807, 2.05) is 6.92 Å². The molecule has 4 aromatic rings. The van der Waals surface area contributed by atoms with Crippen LogP contribution < -0.4 is 11.2 Å². The van der Waals surface area contributed by atoms with Gasteiger partial charge in [-0.2, -0.15) is 0 Å². The quantitative estimate of drug-likeness (QED) is 0.541. The minimum Gasteiger partial charge on any atom is -0.276 e. The number of nitrogens with zero attached hydrogens (tertiary/aromatic N) is 4. The molecule has 2 aromatic carbocycles. The highest BCUT2D eigenvalue weighted by molar-refractivity contribution is 6.31. The Balaban J connectivity index is 2.04. The number of benzene rings is 2. The number of aromatic nitrogens is 4. The number of fused-ring (bicyclic) bond motifs is 3. The summed E-state index contributed by atoms with van der Waals surface area (Å²) in [6, 6.07) is 11.2. The summed E-state index contributed by atoms with van der Waals surface area (Å²) in [4.78, 5) is 25.9. The molecule has 0 bridgehead atoms. The summed E-state index contributed by atoms with van der Waals surface area (Å²) in [5.41, 5.74) is -0.00880. The Labute approximate surface area is 158 Å². The highest BCUT2D eigenvalue weighted by atomic mass is 35.5. The molecule has 0 fully saturated rings. The smallest absolute Gasteiger partial charge is 0.276 e. The third kappa shape index (κ3) is 2.75. The van der Waals surface area contributed by atoms with Crippen molar-refractivity contribution in [3.63, 3.8) is 0 Å². The average Bonchev–Trinajstić information content (AvgIpc) is 2.98. The lowest BCUT2D eigenvalue weighted by molar-refractivity contribution is 0.577. The Morgan fingerprint density at radius 2 is 1.89 bits per heavy atom. The molecule has 0 amide bonds. The van der Waals surface area contributed by atoms with Crippen LogP contribution in [0.15, 0.2) is 52.1 Å². The summed E-state index contributed by atoms with van der Waals surface area (Å²) < 4.78 is 18.2. The van der Waals surface area contributed by atoms with Gasteiger partial charge in [-0.3, -0.25) is 9.36 Å². The number of rotatable bonds is 4. The van der Waals surface area contributed by atoms with Gasteiger partial charge in [-0.1, -0.05) is 36.7 Å². The van der Waals surface area contributed by atoms with E-state index < -0.39 is 11.5 Å². The second-order valence-electron chi connectivity index (χ2n) is 6.25. The van der Waals surface area contributed by atoms with Crippen LogP contribution in [0.5, 0.6) is 0 Å². The second-order valence-corrected chi connectivity index (χ2v) is 6.66. The Morgan fingerprint density at radius 3 is 2.63 bits per heavy atom. The van der Waals surface area contributed by atoms with Gasteiger partial charge in [0.05, 0.1) is 17.4 Å². The lowest BCUT2D eigenvalue weighted by Gasteiger charge is -2.07. The third-order valence-electron chi connectivity index (χ3n) is 4.50. The van der Waals surface area contributed by atoms with Crippen molar-refractivity contribution in [2.24, 2.45) is 0 Å². The minimum absolute atomic E-state index is 0.124. The molecule has 8 heteroatoms. The first kappa shape index (κ1) is 17.5.